The first-order chi connectivity index (χ1) is 14.7. The molecule has 176 valence electrons. The summed E-state index contributed by atoms with van der Waals surface area (Å²) in [5.74, 6) is 0.734. The van der Waals surface area contributed by atoms with Crippen LogP contribution in [0.25, 0.3) is 5.47 Å². The molecule has 0 amide bonds. The predicted octanol–water partition coefficient (Wildman–Crippen LogP) is 5.10. The first-order valence-corrected chi connectivity index (χ1v) is 11.4. The molecule has 2 aliphatic heterocycles. The molecule has 2 aliphatic rings. The number of rotatable bonds is 7. The average Bonchev–Trinajstić information content (AvgIpc) is 3.03. The van der Waals surface area contributed by atoms with E-state index in [-0.39, 0.29) is 6.79 Å². The first-order valence-electron chi connectivity index (χ1n) is 11.4. The van der Waals surface area contributed by atoms with Crippen molar-refractivity contribution in [2.75, 3.05) is 13.9 Å². The molecule has 6 nitrogen and oxygen atoms in total. The van der Waals surface area contributed by atoms with Gasteiger partial charge in [-0.05, 0) is 90.5 Å². The lowest BCUT2D eigenvalue weighted by molar-refractivity contribution is 0.00578. The van der Waals surface area contributed by atoms with Crippen LogP contribution in [-0.2, 0) is 23.4 Å². The molecular weight excluding hydrogens is 406 g/mol. The summed E-state index contributed by atoms with van der Waals surface area (Å²) in [5, 5.41) is 0. The zero-order valence-electron chi connectivity index (χ0n) is 21.3. The Morgan fingerprint density at radius 2 is 1.19 bits per heavy atom. The highest BCUT2D eigenvalue weighted by Crippen LogP contribution is 2.45. The summed E-state index contributed by atoms with van der Waals surface area (Å²) in [6.45, 7) is 18.8. The minimum absolute atomic E-state index is 0.202. The van der Waals surface area contributed by atoms with E-state index in [1.807, 2.05) is 24.3 Å². The quantitative estimate of drug-likeness (QED) is 0.431. The summed E-state index contributed by atoms with van der Waals surface area (Å²) >= 11 is 0. The van der Waals surface area contributed by atoms with E-state index < -0.39 is 36.6 Å². The second-order valence-corrected chi connectivity index (χ2v) is 10.5. The third-order valence-corrected chi connectivity index (χ3v) is 7.26. The number of methoxy groups -OCH3 is 1. The lowest BCUT2D eigenvalue weighted by Crippen LogP contribution is -2.41. The molecule has 0 spiro atoms. The van der Waals surface area contributed by atoms with E-state index in [2.05, 4.69) is 62.3 Å². The number of hydrogen-bond acceptors (Lipinski definition) is 6. The Labute approximate surface area is 194 Å². The molecule has 0 saturated carbocycles. The third-order valence-electron chi connectivity index (χ3n) is 7.26. The van der Waals surface area contributed by atoms with E-state index in [0.717, 1.165) is 28.7 Å². The Hall–Kier alpha value is -1.31. The van der Waals surface area contributed by atoms with Gasteiger partial charge >= 0.3 is 14.2 Å². The summed E-state index contributed by atoms with van der Waals surface area (Å²) in [6.07, 6.45) is 0.734. The molecule has 2 fully saturated rings. The number of hydrogen-bond donors (Lipinski definition) is 0. The molecule has 8 heteroatoms. The van der Waals surface area contributed by atoms with Crippen molar-refractivity contribution < 1.29 is 28.1 Å². The van der Waals surface area contributed by atoms with Gasteiger partial charge in [-0.25, -0.2) is 0 Å². The summed E-state index contributed by atoms with van der Waals surface area (Å²) in [5.41, 5.74) is 1.17. The smallest absolute Gasteiger partial charge is 0.468 e. The molecule has 2 saturated heterocycles. The average molecular weight is 444 g/mol. The van der Waals surface area contributed by atoms with Crippen LogP contribution < -0.4 is 4.74 Å². The van der Waals surface area contributed by atoms with Gasteiger partial charge in [-0.2, -0.15) is 0 Å². The van der Waals surface area contributed by atoms with Gasteiger partial charge in [0.25, 0.3) is 0 Å². The maximum Gasteiger partial charge on any atom is 0.494 e. The fourth-order valence-electron chi connectivity index (χ4n) is 3.76. The van der Waals surface area contributed by atoms with Gasteiger partial charge in [-0.3, -0.25) is 0 Å². The van der Waals surface area contributed by atoms with Crippen molar-refractivity contribution in [2.45, 2.75) is 91.1 Å². The Bertz CT molecular complexity index is 813. The van der Waals surface area contributed by atoms with Crippen molar-refractivity contribution in [3.05, 3.63) is 35.3 Å². The predicted molar refractivity (Wildman–Crippen MR) is 128 cm³/mol. The Morgan fingerprint density at radius 1 is 0.750 bits per heavy atom. The first kappa shape index (κ1) is 25.3. The number of benzene rings is 1. The Kier molecular flexibility index (Phi) is 6.96. The fraction of sp³-hybridized carbons (Fsp3) is 0.667. The minimum atomic E-state index is -0.542. The van der Waals surface area contributed by atoms with E-state index in [0.29, 0.717) is 0 Å². The van der Waals surface area contributed by atoms with Crippen molar-refractivity contribution in [1.82, 2.24) is 0 Å². The van der Waals surface area contributed by atoms with Crippen LogP contribution in [0.1, 0.15) is 74.3 Å². The molecule has 0 aliphatic carbocycles. The van der Waals surface area contributed by atoms with Gasteiger partial charge in [-0.15, -0.1) is 0 Å². The molecule has 1 aromatic carbocycles. The molecule has 3 rings (SSSR count). The summed E-state index contributed by atoms with van der Waals surface area (Å²) in [4.78, 5) is 0. The number of allylic oxidation sites excluding steroid dienone is 1. The lowest BCUT2D eigenvalue weighted by atomic mass is 9.61. The molecule has 0 aromatic heterocycles. The van der Waals surface area contributed by atoms with Gasteiger partial charge in [0.1, 0.15) is 5.75 Å². The van der Waals surface area contributed by atoms with Crippen LogP contribution in [0.3, 0.4) is 0 Å². The van der Waals surface area contributed by atoms with Gasteiger partial charge in [0.15, 0.2) is 6.79 Å². The molecule has 0 unspecified atom stereocenters. The van der Waals surface area contributed by atoms with Crippen LogP contribution in [0, 0.1) is 0 Å². The molecule has 1 aromatic rings. The summed E-state index contributed by atoms with van der Waals surface area (Å²) < 4.78 is 36.4. The van der Waals surface area contributed by atoms with Gasteiger partial charge in [0, 0.05) is 7.11 Å². The van der Waals surface area contributed by atoms with E-state index in [4.69, 9.17) is 28.1 Å². The molecule has 0 N–H and O–H groups in total. The zero-order chi connectivity index (χ0) is 23.9. The molecule has 0 radical (unpaired) electrons. The maximum absolute atomic E-state index is 6.48. The standard InChI is InChI=1S/C24H38B2O6/c1-11-19(25-29-21(2,3)22(4,5)30-25)20(26-31-23(6,7)24(8,9)32-26)17-12-14-18(15-13-17)28-16-27-10/h12-15H,11,16H2,1-10H3/b20-19-. The van der Waals surface area contributed by atoms with Crippen molar-refractivity contribution >= 4 is 19.7 Å². The highest BCUT2D eigenvalue weighted by atomic mass is 16.7. The van der Waals surface area contributed by atoms with E-state index in [9.17, 15) is 0 Å². The minimum Gasteiger partial charge on any atom is -0.468 e. The lowest BCUT2D eigenvalue weighted by Gasteiger charge is -2.32. The normalized spacial score (nSPS) is 23.9. The number of ether oxygens (including phenoxy) is 2. The van der Waals surface area contributed by atoms with Crippen LogP contribution in [-0.4, -0.2) is 50.5 Å². The molecule has 32 heavy (non-hydrogen) atoms. The molecular formula is C24H38B2O6. The van der Waals surface area contributed by atoms with E-state index in [1.165, 1.54) is 0 Å². The van der Waals surface area contributed by atoms with Gasteiger partial charge < -0.3 is 28.1 Å². The van der Waals surface area contributed by atoms with Gasteiger partial charge in [-0.1, -0.05) is 19.1 Å². The van der Waals surface area contributed by atoms with E-state index >= 15 is 0 Å². The fourth-order valence-corrected chi connectivity index (χ4v) is 3.76. The topological polar surface area (TPSA) is 55.4 Å². The zero-order valence-corrected chi connectivity index (χ0v) is 21.3. The molecule has 2 heterocycles. The highest BCUT2D eigenvalue weighted by molar-refractivity contribution is 6.74. The maximum atomic E-state index is 6.48. The van der Waals surface area contributed by atoms with Crippen LogP contribution in [0.15, 0.2) is 29.7 Å². The SMILES string of the molecule is CC/C(B1OC(C)(C)C(C)(C)O1)=C(/B1OC(C)(C)C(C)(C)O1)c1ccc(OCOC)cc1. The van der Waals surface area contributed by atoms with Crippen molar-refractivity contribution in [3.8, 4) is 5.75 Å². The van der Waals surface area contributed by atoms with Crippen LogP contribution in [0.4, 0.5) is 0 Å². The summed E-state index contributed by atoms with van der Waals surface area (Å²) in [6, 6.07) is 7.90. The highest BCUT2D eigenvalue weighted by Gasteiger charge is 2.56. The van der Waals surface area contributed by atoms with Crippen LogP contribution in [0.5, 0.6) is 5.75 Å². The van der Waals surface area contributed by atoms with Crippen LogP contribution in [0.2, 0.25) is 0 Å². The third kappa shape index (κ3) is 4.66. The Morgan fingerprint density at radius 3 is 1.59 bits per heavy atom. The second-order valence-electron chi connectivity index (χ2n) is 10.5. The summed E-state index contributed by atoms with van der Waals surface area (Å²) in [7, 11) is 0.578. The van der Waals surface area contributed by atoms with Crippen molar-refractivity contribution in [2.24, 2.45) is 0 Å². The van der Waals surface area contributed by atoms with Gasteiger partial charge in [0.2, 0.25) is 0 Å². The van der Waals surface area contributed by atoms with Crippen molar-refractivity contribution in [3.63, 3.8) is 0 Å². The molecule has 0 bridgehead atoms. The van der Waals surface area contributed by atoms with Crippen LogP contribution >= 0.6 is 0 Å². The largest absolute Gasteiger partial charge is 0.494 e. The Balaban J connectivity index is 2.08. The van der Waals surface area contributed by atoms with Crippen molar-refractivity contribution in [1.29, 1.82) is 0 Å². The molecule has 0 atom stereocenters. The monoisotopic (exact) mass is 444 g/mol. The van der Waals surface area contributed by atoms with Gasteiger partial charge in [0.05, 0.1) is 22.4 Å². The second kappa shape index (κ2) is 8.80. The van der Waals surface area contributed by atoms with E-state index in [1.54, 1.807) is 7.11 Å².